The van der Waals surface area contributed by atoms with Crippen LogP contribution in [0.3, 0.4) is 0 Å². The highest BCUT2D eigenvalue weighted by atomic mass is 32.1. The molecule has 1 N–H and O–H groups in total. The summed E-state index contributed by atoms with van der Waals surface area (Å²) in [6.45, 7) is 4.61. The second-order valence-corrected chi connectivity index (χ2v) is 8.40. The fraction of sp³-hybridized carbons (Fsp3) is 0.250. The lowest BCUT2D eigenvalue weighted by molar-refractivity contribution is 0.0944. The van der Waals surface area contributed by atoms with Crippen molar-refractivity contribution < 1.29 is 14.3 Å². The van der Waals surface area contributed by atoms with E-state index < -0.39 is 0 Å². The molecule has 0 aliphatic carbocycles. The van der Waals surface area contributed by atoms with Gasteiger partial charge in [0.1, 0.15) is 4.83 Å². The van der Waals surface area contributed by atoms with Crippen LogP contribution >= 0.6 is 11.3 Å². The number of rotatable bonds is 7. The molecular weight excluding hydrogens is 410 g/mol. The number of thiophene rings is 1. The average Bonchev–Trinajstić information content (AvgIpc) is 3.35. The van der Waals surface area contributed by atoms with E-state index in [1.807, 2.05) is 61.0 Å². The molecule has 2 heterocycles. The number of ether oxygens (including phenoxy) is 2. The van der Waals surface area contributed by atoms with E-state index >= 15 is 0 Å². The van der Waals surface area contributed by atoms with Crippen molar-refractivity contribution in [2.45, 2.75) is 26.4 Å². The van der Waals surface area contributed by atoms with Crippen LogP contribution in [0.25, 0.3) is 10.2 Å². The van der Waals surface area contributed by atoms with E-state index in [1.54, 1.807) is 14.2 Å². The number of hydrogen-bond donors (Lipinski definition) is 1. The van der Waals surface area contributed by atoms with E-state index in [0.717, 1.165) is 21.5 Å². The van der Waals surface area contributed by atoms with Gasteiger partial charge in [0.05, 0.1) is 37.4 Å². The Balaban J connectivity index is 1.55. The van der Waals surface area contributed by atoms with E-state index in [9.17, 15) is 4.79 Å². The molecule has 0 radical (unpaired) electrons. The zero-order chi connectivity index (χ0) is 22.0. The van der Waals surface area contributed by atoms with Crippen LogP contribution in [0, 0.1) is 6.92 Å². The molecule has 4 aromatic rings. The minimum Gasteiger partial charge on any atom is -0.493 e. The first-order chi connectivity index (χ1) is 15.0. The summed E-state index contributed by atoms with van der Waals surface area (Å²) in [5.41, 5.74) is 3.04. The molecule has 0 fully saturated rings. The number of aromatic nitrogens is 2. The number of aryl methyl sites for hydroxylation is 1. The van der Waals surface area contributed by atoms with Crippen molar-refractivity contribution in [1.29, 1.82) is 0 Å². The van der Waals surface area contributed by atoms with Crippen LogP contribution in [0.2, 0.25) is 0 Å². The zero-order valence-corrected chi connectivity index (χ0v) is 18.8. The largest absolute Gasteiger partial charge is 0.493 e. The summed E-state index contributed by atoms with van der Waals surface area (Å²) in [5, 5.41) is 8.76. The Labute approximate surface area is 185 Å². The molecule has 0 spiro atoms. The summed E-state index contributed by atoms with van der Waals surface area (Å²) in [6, 6.07) is 17.6. The van der Waals surface area contributed by atoms with Crippen LogP contribution in [-0.4, -0.2) is 29.9 Å². The normalized spacial score (nSPS) is 12.0. The Morgan fingerprint density at radius 1 is 1.10 bits per heavy atom. The highest BCUT2D eigenvalue weighted by Gasteiger charge is 2.19. The summed E-state index contributed by atoms with van der Waals surface area (Å²) in [6.07, 6.45) is 0. The lowest BCUT2D eigenvalue weighted by Gasteiger charge is -2.16. The zero-order valence-electron chi connectivity index (χ0n) is 18.0. The fourth-order valence-corrected chi connectivity index (χ4v) is 4.63. The van der Waals surface area contributed by atoms with Crippen molar-refractivity contribution in [3.8, 4) is 11.5 Å². The number of amides is 1. The lowest BCUT2D eigenvalue weighted by atomic mass is 10.1. The second-order valence-electron chi connectivity index (χ2n) is 7.37. The van der Waals surface area contributed by atoms with Gasteiger partial charge in [-0.25, -0.2) is 0 Å². The molecule has 1 unspecified atom stereocenters. The average molecular weight is 436 g/mol. The maximum Gasteiger partial charge on any atom is 0.261 e. The first-order valence-corrected chi connectivity index (χ1v) is 10.9. The van der Waals surface area contributed by atoms with E-state index in [-0.39, 0.29) is 11.9 Å². The molecule has 1 atom stereocenters. The monoisotopic (exact) mass is 435 g/mol. The van der Waals surface area contributed by atoms with Gasteiger partial charge in [0.2, 0.25) is 0 Å². The van der Waals surface area contributed by atoms with Gasteiger partial charge in [-0.3, -0.25) is 9.48 Å². The van der Waals surface area contributed by atoms with Crippen LogP contribution in [0.4, 0.5) is 0 Å². The van der Waals surface area contributed by atoms with Gasteiger partial charge in [-0.05, 0) is 43.2 Å². The van der Waals surface area contributed by atoms with Crippen molar-refractivity contribution in [1.82, 2.24) is 15.1 Å². The Hall–Kier alpha value is -3.32. The van der Waals surface area contributed by atoms with Crippen molar-refractivity contribution in [3.63, 3.8) is 0 Å². The van der Waals surface area contributed by atoms with Crippen LogP contribution in [-0.2, 0) is 6.54 Å². The smallest absolute Gasteiger partial charge is 0.261 e. The maximum atomic E-state index is 13.0. The van der Waals surface area contributed by atoms with Gasteiger partial charge in [-0.1, -0.05) is 36.4 Å². The van der Waals surface area contributed by atoms with E-state index in [1.165, 1.54) is 16.9 Å². The Morgan fingerprint density at radius 2 is 1.84 bits per heavy atom. The molecule has 0 bridgehead atoms. The van der Waals surface area contributed by atoms with Gasteiger partial charge in [0.15, 0.2) is 11.5 Å². The van der Waals surface area contributed by atoms with Gasteiger partial charge in [-0.15, -0.1) is 11.3 Å². The third-order valence-electron chi connectivity index (χ3n) is 5.26. The Kier molecular flexibility index (Phi) is 5.95. The van der Waals surface area contributed by atoms with E-state index in [2.05, 4.69) is 22.5 Å². The predicted molar refractivity (Wildman–Crippen MR) is 123 cm³/mol. The van der Waals surface area contributed by atoms with Crippen molar-refractivity contribution in [2.24, 2.45) is 0 Å². The Morgan fingerprint density at radius 3 is 2.55 bits per heavy atom. The molecule has 31 heavy (non-hydrogen) atoms. The molecule has 6 nitrogen and oxygen atoms in total. The SMILES string of the molecule is COc1ccc(C(C)NC(=O)c2cc3c(C)nn(Cc4ccccc4)c3s2)cc1OC. The highest BCUT2D eigenvalue weighted by Crippen LogP contribution is 2.31. The standard InChI is InChI=1S/C24H25N3O3S/c1-15(18-10-11-20(29-3)21(12-18)30-4)25-23(28)22-13-19-16(2)26-27(24(19)31-22)14-17-8-6-5-7-9-17/h5-13,15H,14H2,1-4H3,(H,25,28). The fourth-order valence-electron chi connectivity index (χ4n) is 3.56. The summed E-state index contributed by atoms with van der Waals surface area (Å²) in [4.78, 5) is 14.6. The van der Waals surface area contributed by atoms with Gasteiger partial charge in [-0.2, -0.15) is 5.10 Å². The molecule has 160 valence electrons. The molecule has 0 saturated heterocycles. The topological polar surface area (TPSA) is 65.4 Å². The third kappa shape index (κ3) is 4.27. The van der Waals surface area contributed by atoms with Crippen molar-refractivity contribution in [3.05, 3.63) is 76.3 Å². The molecule has 0 aliphatic heterocycles. The third-order valence-corrected chi connectivity index (χ3v) is 6.41. The minimum absolute atomic E-state index is 0.103. The molecule has 7 heteroatoms. The summed E-state index contributed by atoms with van der Waals surface area (Å²) in [5.74, 6) is 1.20. The van der Waals surface area contributed by atoms with Crippen LogP contribution in [0.5, 0.6) is 11.5 Å². The van der Waals surface area contributed by atoms with Crippen LogP contribution in [0.15, 0.2) is 54.6 Å². The van der Waals surface area contributed by atoms with E-state index in [0.29, 0.717) is 22.9 Å². The Bertz CT molecular complexity index is 1210. The second kappa shape index (κ2) is 8.81. The molecule has 4 rings (SSSR count). The van der Waals surface area contributed by atoms with Gasteiger partial charge < -0.3 is 14.8 Å². The number of hydrogen-bond acceptors (Lipinski definition) is 5. The predicted octanol–water partition coefficient (Wildman–Crippen LogP) is 4.96. The molecule has 0 saturated carbocycles. The minimum atomic E-state index is -0.181. The van der Waals surface area contributed by atoms with Gasteiger partial charge >= 0.3 is 0 Å². The number of carbonyl (C=O) groups is 1. The van der Waals surface area contributed by atoms with Gasteiger partial charge in [0.25, 0.3) is 5.91 Å². The van der Waals surface area contributed by atoms with Crippen LogP contribution in [0.1, 0.15) is 39.5 Å². The van der Waals surface area contributed by atoms with Gasteiger partial charge in [0, 0.05) is 5.39 Å². The van der Waals surface area contributed by atoms with Crippen molar-refractivity contribution in [2.75, 3.05) is 14.2 Å². The summed E-state index contributed by atoms with van der Waals surface area (Å²) >= 11 is 1.47. The maximum absolute atomic E-state index is 13.0. The first-order valence-electron chi connectivity index (χ1n) is 10.0. The van der Waals surface area contributed by atoms with E-state index in [4.69, 9.17) is 9.47 Å². The molecule has 2 aromatic heterocycles. The number of fused-ring (bicyclic) bond motifs is 1. The highest BCUT2D eigenvalue weighted by molar-refractivity contribution is 7.20. The number of carbonyl (C=O) groups excluding carboxylic acids is 1. The van der Waals surface area contributed by atoms with Crippen LogP contribution < -0.4 is 14.8 Å². The van der Waals surface area contributed by atoms with Crippen molar-refractivity contribution >= 4 is 27.5 Å². The molecule has 0 aliphatic rings. The first kappa shape index (κ1) is 20.9. The summed E-state index contributed by atoms with van der Waals surface area (Å²) in [7, 11) is 3.20. The molecular formula is C24H25N3O3S. The quantitative estimate of drug-likeness (QED) is 0.445. The number of benzene rings is 2. The molecule has 2 aromatic carbocycles. The summed E-state index contributed by atoms with van der Waals surface area (Å²) < 4.78 is 12.6. The number of nitrogens with one attached hydrogen (secondary N) is 1. The number of nitrogens with zero attached hydrogens (tertiary/aromatic N) is 2. The lowest BCUT2D eigenvalue weighted by Crippen LogP contribution is -2.25. The number of methoxy groups -OCH3 is 2. The molecule has 1 amide bonds.